The molecule has 0 aliphatic carbocycles. The van der Waals surface area contributed by atoms with Crippen LogP contribution in [-0.2, 0) is 15.4 Å². The van der Waals surface area contributed by atoms with Crippen LogP contribution in [0.25, 0.3) is 20.2 Å². The van der Waals surface area contributed by atoms with E-state index >= 15 is 0 Å². The number of thiophene rings is 1. The van der Waals surface area contributed by atoms with E-state index < -0.39 is 38.7 Å². The second-order valence-corrected chi connectivity index (χ2v) is 11.8. The molecule has 0 fully saturated rings. The highest BCUT2D eigenvalue weighted by Gasteiger charge is 2.40. The molecule has 166 valence electrons. The zero-order valence-electron chi connectivity index (χ0n) is 17.1. The quantitative estimate of drug-likeness (QED) is 0.554. The fourth-order valence-electron chi connectivity index (χ4n) is 3.09. The first-order chi connectivity index (χ1) is 14.2. The van der Waals surface area contributed by atoms with E-state index in [1.807, 2.05) is 0 Å². The van der Waals surface area contributed by atoms with Gasteiger partial charge < -0.3 is 10.5 Å². The first-order valence-electron chi connectivity index (χ1n) is 9.24. The Labute approximate surface area is 182 Å². The van der Waals surface area contributed by atoms with Crippen molar-refractivity contribution in [3.63, 3.8) is 0 Å². The van der Waals surface area contributed by atoms with Crippen molar-refractivity contribution in [1.29, 1.82) is 5.26 Å². The predicted octanol–water partition coefficient (Wildman–Crippen LogP) is 4.89. The zero-order chi connectivity index (χ0) is 23.2. The molecule has 1 unspecified atom stereocenters. The molecule has 0 aliphatic heterocycles. The van der Waals surface area contributed by atoms with Crippen molar-refractivity contribution in [2.45, 2.75) is 37.2 Å². The minimum Gasteiger partial charge on any atom is -0.484 e. The SMILES string of the molecule is CC(N)(CS(=O)(=O)C(C)(C)C#N)c1ccc2sc3ccc(OCC(F)(F)F)cc3c2c1. The molecule has 1 heterocycles. The number of halogens is 3. The molecule has 31 heavy (non-hydrogen) atoms. The number of alkyl halides is 3. The van der Waals surface area contributed by atoms with Crippen LogP contribution in [-0.4, -0.2) is 31.7 Å². The Bertz CT molecular complexity index is 1290. The van der Waals surface area contributed by atoms with E-state index in [1.165, 1.54) is 37.3 Å². The van der Waals surface area contributed by atoms with Crippen LogP contribution >= 0.6 is 11.3 Å². The van der Waals surface area contributed by atoms with Crippen molar-refractivity contribution < 1.29 is 26.3 Å². The third-order valence-corrected chi connectivity index (χ3v) is 8.82. The topological polar surface area (TPSA) is 93.2 Å². The summed E-state index contributed by atoms with van der Waals surface area (Å²) in [5.74, 6) is -0.350. The van der Waals surface area contributed by atoms with E-state index in [0.29, 0.717) is 10.9 Å². The van der Waals surface area contributed by atoms with E-state index in [1.54, 1.807) is 37.3 Å². The van der Waals surface area contributed by atoms with Gasteiger partial charge in [-0.2, -0.15) is 18.4 Å². The Morgan fingerprint density at radius 3 is 2.23 bits per heavy atom. The molecule has 0 amide bonds. The summed E-state index contributed by atoms with van der Waals surface area (Å²) in [4.78, 5) is 0. The summed E-state index contributed by atoms with van der Waals surface area (Å²) in [7, 11) is -3.84. The van der Waals surface area contributed by atoms with Crippen LogP contribution in [0.2, 0.25) is 0 Å². The van der Waals surface area contributed by atoms with Crippen LogP contribution in [0.15, 0.2) is 36.4 Å². The molecular weight excluding hydrogens is 449 g/mol. The average molecular weight is 471 g/mol. The monoisotopic (exact) mass is 470 g/mol. The predicted molar refractivity (Wildman–Crippen MR) is 116 cm³/mol. The maximum Gasteiger partial charge on any atom is 0.422 e. The minimum atomic E-state index is -4.44. The Balaban J connectivity index is 2.02. The largest absolute Gasteiger partial charge is 0.484 e. The van der Waals surface area contributed by atoms with E-state index in [4.69, 9.17) is 10.5 Å². The van der Waals surface area contributed by atoms with E-state index in [0.717, 1.165) is 14.8 Å². The molecule has 0 spiro atoms. The van der Waals surface area contributed by atoms with Gasteiger partial charge in [0, 0.05) is 20.2 Å². The van der Waals surface area contributed by atoms with Crippen LogP contribution in [0.3, 0.4) is 0 Å². The van der Waals surface area contributed by atoms with Crippen LogP contribution < -0.4 is 10.5 Å². The molecule has 3 rings (SSSR count). The first-order valence-corrected chi connectivity index (χ1v) is 11.7. The van der Waals surface area contributed by atoms with Crippen molar-refractivity contribution >= 4 is 41.3 Å². The van der Waals surface area contributed by atoms with Gasteiger partial charge in [-0.05, 0) is 56.7 Å². The van der Waals surface area contributed by atoms with Crippen molar-refractivity contribution in [2.24, 2.45) is 5.73 Å². The third-order valence-electron chi connectivity index (χ3n) is 5.04. The summed E-state index contributed by atoms with van der Waals surface area (Å²) in [5.41, 5.74) is 5.63. The number of nitrogens with two attached hydrogens (primary N) is 1. The van der Waals surface area contributed by atoms with Gasteiger partial charge in [0.1, 0.15) is 5.75 Å². The number of ether oxygens (including phenoxy) is 1. The van der Waals surface area contributed by atoms with Crippen molar-refractivity contribution in [3.05, 3.63) is 42.0 Å². The number of sulfone groups is 1. The number of nitrogens with zero attached hydrogens (tertiary/aromatic N) is 1. The van der Waals surface area contributed by atoms with Gasteiger partial charge >= 0.3 is 6.18 Å². The van der Waals surface area contributed by atoms with E-state index in [-0.39, 0.29) is 5.75 Å². The summed E-state index contributed by atoms with van der Waals surface area (Å²) in [6, 6.07) is 11.8. The van der Waals surface area contributed by atoms with Crippen molar-refractivity contribution in [2.75, 3.05) is 12.4 Å². The van der Waals surface area contributed by atoms with E-state index in [2.05, 4.69) is 0 Å². The van der Waals surface area contributed by atoms with Crippen molar-refractivity contribution in [1.82, 2.24) is 0 Å². The molecule has 2 N–H and O–H groups in total. The maximum absolute atomic E-state index is 12.7. The third kappa shape index (κ3) is 4.79. The molecule has 0 bridgehead atoms. The lowest BCUT2D eigenvalue weighted by Gasteiger charge is -2.28. The standard InChI is InChI=1S/C21H21F3N2O3S2/c1-19(2,10-25)31(27,28)12-20(3,26)13-4-6-17-15(8-13)16-9-14(5-7-18(16)30-17)29-11-21(22,23)24/h4-9H,11-12,26H2,1-3H3. The zero-order valence-corrected chi connectivity index (χ0v) is 18.7. The molecule has 0 aliphatic rings. The van der Waals surface area contributed by atoms with Gasteiger partial charge in [0.25, 0.3) is 0 Å². The summed E-state index contributed by atoms with van der Waals surface area (Å²) in [6.45, 7) is 2.85. The molecule has 10 heteroatoms. The Kier molecular flexibility index (Phi) is 5.76. The summed E-state index contributed by atoms with van der Waals surface area (Å²) in [5, 5.41) is 10.6. The van der Waals surface area contributed by atoms with Gasteiger partial charge in [-0.1, -0.05) is 6.07 Å². The molecule has 5 nitrogen and oxygen atoms in total. The fraction of sp³-hybridized carbons (Fsp3) is 0.381. The van der Waals surface area contributed by atoms with Crippen LogP contribution in [0, 0.1) is 11.3 Å². The molecular formula is C21H21F3N2O3S2. The summed E-state index contributed by atoms with van der Waals surface area (Å²) < 4.78 is 67.8. The molecule has 1 aromatic heterocycles. The molecule has 3 aromatic rings. The van der Waals surface area contributed by atoms with Gasteiger partial charge in [0.15, 0.2) is 21.2 Å². The van der Waals surface area contributed by atoms with Gasteiger partial charge in [-0.15, -0.1) is 11.3 Å². The minimum absolute atomic E-state index is 0.0868. The normalized spacial score (nSPS) is 15.0. The highest BCUT2D eigenvalue weighted by molar-refractivity contribution is 7.93. The number of benzene rings is 2. The second-order valence-electron chi connectivity index (χ2n) is 8.17. The molecule has 0 radical (unpaired) electrons. The van der Waals surface area contributed by atoms with Crippen LogP contribution in [0.4, 0.5) is 13.2 Å². The summed E-state index contributed by atoms with van der Waals surface area (Å²) >= 11 is 1.45. The lowest BCUT2D eigenvalue weighted by atomic mass is 9.94. The maximum atomic E-state index is 12.7. The number of hydrogen-bond donors (Lipinski definition) is 1. The first kappa shape index (κ1) is 23.3. The second kappa shape index (κ2) is 7.65. The average Bonchev–Trinajstić information content (AvgIpc) is 3.02. The number of rotatable bonds is 6. The molecule has 0 saturated carbocycles. The lowest BCUT2D eigenvalue weighted by molar-refractivity contribution is -0.153. The number of nitriles is 1. The Morgan fingerprint density at radius 1 is 1.06 bits per heavy atom. The van der Waals surface area contributed by atoms with Gasteiger partial charge in [0.05, 0.1) is 17.4 Å². The fourth-order valence-corrected chi connectivity index (χ4v) is 5.62. The number of hydrogen-bond acceptors (Lipinski definition) is 6. The van der Waals surface area contributed by atoms with Gasteiger partial charge in [0.2, 0.25) is 0 Å². The van der Waals surface area contributed by atoms with E-state index in [9.17, 15) is 26.9 Å². The molecule has 0 saturated heterocycles. The van der Waals surface area contributed by atoms with Crippen LogP contribution in [0.5, 0.6) is 5.75 Å². The Hall–Kier alpha value is -2.35. The Morgan fingerprint density at radius 2 is 1.65 bits per heavy atom. The van der Waals surface area contributed by atoms with Crippen LogP contribution in [0.1, 0.15) is 26.3 Å². The van der Waals surface area contributed by atoms with Crippen molar-refractivity contribution in [3.8, 4) is 11.8 Å². The highest BCUT2D eigenvalue weighted by Crippen LogP contribution is 2.38. The smallest absolute Gasteiger partial charge is 0.422 e. The highest BCUT2D eigenvalue weighted by atomic mass is 32.2. The summed E-state index contributed by atoms with van der Waals surface area (Å²) in [6.07, 6.45) is -4.44. The number of fused-ring (bicyclic) bond motifs is 3. The van der Waals surface area contributed by atoms with Gasteiger partial charge in [-0.25, -0.2) is 8.42 Å². The lowest BCUT2D eigenvalue weighted by Crippen LogP contribution is -2.45. The molecule has 1 atom stereocenters. The molecule has 2 aromatic carbocycles. The van der Waals surface area contributed by atoms with Gasteiger partial charge in [-0.3, -0.25) is 0 Å².